The third-order valence-electron chi connectivity index (χ3n) is 2.42. The van der Waals surface area contributed by atoms with Gasteiger partial charge in [0.1, 0.15) is 6.29 Å². The smallest absolute Gasteiger partial charge is 0.307 e. The molecule has 0 saturated heterocycles. The summed E-state index contributed by atoms with van der Waals surface area (Å²) in [6.45, 7) is 1.79. The number of aldehydes is 1. The van der Waals surface area contributed by atoms with Crippen LogP contribution in [0.2, 0.25) is 0 Å². The number of carboxylic acid groups (broad SMARTS) is 1. The second kappa shape index (κ2) is 5.80. The molecule has 0 aliphatic rings. The Bertz CT molecular complexity index is 474. The fourth-order valence-corrected chi connectivity index (χ4v) is 1.61. The first kappa shape index (κ1) is 12.9. The summed E-state index contributed by atoms with van der Waals surface area (Å²) >= 11 is 0. The van der Waals surface area contributed by atoms with Gasteiger partial charge in [0.2, 0.25) is 0 Å². The topological polar surface area (TPSA) is 78.2 Å². The maximum absolute atomic E-state index is 10.7. The average Bonchev–Trinajstić information content (AvgIpc) is 2.28. The second-order valence-electron chi connectivity index (χ2n) is 3.99. The number of nitriles is 1. The van der Waals surface area contributed by atoms with Crippen LogP contribution in [0.4, 0.5) is 0 Å². The lowest BCUT2D eigenvalue weighted by Gasteiger charge is -2.07. The number of rotatable bonds is 5. The molecule has 0 bridgehead atoms. The molecule has 88 valence electrons. The van der Waals surface area contributed by atoms with Gasteiger partial charge in [0.05, 0.1) is 18.1 Å². The molecular weight excluding hydrogens is 218 g/mol. The zero-order chi connectivity index (χ0) is 12.8. The van der Waals surface area contributed by atoms with Crippen LogP contribution in [-0.4, -0.2) is 17.4 Å². The van der Waals surface area contributed by atoms with Crippen LogP contribution in [0.15, 0.2) is 18.2 Å². The second-order valence-corrected chi connectivity index (χ2v) is 3.99. The normalized spacial score (nSPS) is 11.5. The number of aliphatic carboxylic acids is 1. The number of hydrogen-bond acceptors (Lipinski definition) is 3. The van der Waals surface area contributed by atoms with E-state index in [1.807, 2.05) is 6.07 Å². The van der Waals surface area contributed by atoms with Crippen molar-refractivity contribution in [2.24, 2.45) is 5.92 Å². The van der Waals surface area contributed by atoms with Gasteiger partial charge in [-0.25, -0.2) is 0 Å². The Kier molecular flexibility index (Phi) is 4.41. The molecule has 1 aromatic rings. The molecule has 0 spiro atoms. The SMILES string of the molecule is CC(C=O)Cc1ccc(C#N)c(CC(=O)O)c1. The van der Waals surface area contributed by atoms with E-state index in [1.165, 1.54) is 0 Å². The third kappa shape index (κ3) is 3.72. The van der Waals surface area contributed by atoms with Gasteiger partial charge in [-0.15, -0.1) is 0 Å². The van der Waals surface area contributed by atoms with E-state index in [4.69, 9.17) is 10.4 Å². The summed E-state index contributed by atoms with van der Waals surface area (Å²) in [6, 6.07) is 7.01. The minimum absolute atomic E-state index is 0.111. The highest BCUT2D eigenvalue weighted by molar-refractivity contribution is 5.71. The summed E-state index contributed by atoms with van der Waals surface area (Å²) in [4.78, 5) is 21.2. The first-order chi connectivity index (χ1) is 8.06. The number of carbonyl (C=O) groups is 2. The number of hydrogen-bond donors (Lipinski definition) is 1. The molecule has 1 unspecified atom stereocenters. The van der Waals surface area contributed by atoms with Crippen molar-refractivity contribution in [3.05, 3.63) is 34.9 Å². The van der Waals surface area contributed by atoms with E-state index in [1.54, 1.807) is 25.1 Å². The summed E-state index contributed by atoms with van der Waals surface area (Å²) < 4.78 is 0. The monoisotopic (exact) mass is 231 g/mol. The van der Waals surface area contributed by atoms with Gasteiger partial charge in [-0.2, -0.15) is 5.26 Å². The Balaban J connectivity index is 3.00. The molecule has 0 heterocycles. The number of carbonyl (C=O) groups excluding carboxylic acids is 1. The number of benzene rings is 1. The van der Waals surface area contributed by atoms with Gasteiger partial charge in [-0.05, 0) is 23.6 Å². The molecule has 4 nitrogen and oxygen atoms in total. The molecule has 1 N–H and O–H groups in total. The van der Waals surface area contributed by atoms with Crippen molar-refractivity contribution in [2.75, 3.05) is 0 Å². The molecule has 17 heavy (non-hydrogen) atoms. The molecule has 1 aromatic carbocycles. The fourth-order valence-electron chi connectivity index (χ4n) is 1.61. The van der Waals surface area contributed by atoms with Crippen LogP contribution in [0.5, 0.6) is 0 Å². The van der Waals surface area contributed by atoms with E-state index < -0.39 is 5.97 Å². The zero-order valence-electron chi connectivity index (χ0n) is 9.51. The predicted molar refractivity (Wildman–Crippen MR) is 61.4 cm³/mol. The van der Waals surface area contributed by atoms with Crippen LogP contribution >= 0.6 is 0 Å². The summed E-state index contributed by atoms with van der Waals surface area (Å²) in [5.74, 6) is -1.08. The molecule has 0 radical (unpaired) electrons. The standard InChI is InChI=1S/C13H13NO3/c1-9(8-15)4-10-2-3-11(7-14)12(5-10)6-13(16)17/h2-3,5,8-9H,4,6H2,1H3,(H,16,17). The van der Waals surface area contributed by atoms with Crippen molar-refractivity contribution >= 4 is 12.3 Å². The van der Waals surface area contributed by atoms with E-state index in [-0.39, 0.29) is 12.3 Å². The molecule has 1 atom stereocenters. The van der Waals surface area contributed by atoms with Crippen molar-refractivity contribution in [1.29, 1.82) is 5.26 Å². The van der Waals surface area contributed by atoms with Crippen LogP contribution in [0.1, 0.15) is 23.6 Å². The van der Waals surface area contributed by atoms with Gasteiger partial charge in [0.15, 0.2) is 0 Å². The summed E-state index contributed by atoms with van der Waals surface area (Å²) in [5.41, 5.74) is 1.74. The summed E-state index contributed by atoms with van der Waals surface area (Å²) in [7, 11) is 0. The van der Waals surface area contributed by atoms with Gasteiger partial charge in [0.25, 0.3) is 0 Å². The Morgan fingerprint density at radius 1 is 1.59 bits per heavy atom. The highest BCUT2D eigenvalue weighted by atomic mass is 16.4. The fraction of sp³-hybridized carbons (Fsp3) is 0.308. The van der Waals surface area contributed by atoms with E-state index in [9.17, 15) is 9.59 Å². The Morgan fingerprint density at radius 3 is 2.82 bits per heavy atom. The van der Waals surface area contributed by atoms with E-state index >= 15 is 0 Å². The van der Waals surface area contributed by atoms with Gasteiger partial charge < -0.3 is 9.90 Å². The van der Waals surface area contributed by atoms with Crippen molar-refractivity contribution < 1.29 is 14.7 Å². The van der Waals surface area contributed by atoms with Crippen molar-refractivity contribution in [3.63, 3.8) is 0 Å². The minimum Gasteiger partial charge on any atom is -0.481 e. The quantitative estimate of drug-likeness (QED) is 0.780. The first-order valence-corrected chi connectivity index (χ1v) is 5.25. The van der Waals surface area contributed by atoms with E-state index in [2.05, 4.69) is 0 Å². The highest BCUT2D eigenvalue weighted by Crippen LogP contribution is 2.15. The highest BCUT2D eigenvalue weighted by Gasteiger charge is 2.09. The predicted octanol–water partition coefficient (Wildman–Crippen LogP) is 1.56. The van der Waals surface area contributed by atoms with Crippen LogP contribution in [0.3, 0.4) is 0 Å². The molecule has 0 aliphatic carbocycles. The third-order valence-corrected chi connectivity index (χ3v) is 2.42. The molecule has 0 aliphatic heterocycles. The van der Waals surface area contributed by atoms with E-state index in [0.29, 0.717) is 17.5 Å². The molecular formula is C13H13NO3. The van der Waals surface area contributed by atoms with Gasteiger partial charge in [-0.1, -0.05) is 19.1 Å². The van der Waals surface area contributed by atoms with Gasteiger partial charge >= 0.3 is 5.97 Å². The maximum atomic E-state index is 10.7. The molecule has 1 rings (SSSR count). The van der Waals surface area contributed by atoms with Gasteiger partial charge in [-0.3, -0.25) is 4.79 Å². The first-order valence-electron chi connectivity index (χ1n) is 5.25. The molecule has 0 amide bonds. The summed E-state index contributed by atoms with van der Waals surface area (Å²) in [6.07, 6.45) is 1.24. The Labute approximate surface area is 99.5 Å². The lowest BCUT2D eigenvalue weighted by molar-refractivity contribution is -0.136. The number of nitrogens with zero attached hydrogens (tertiary/aromatic N) is 1. The van der Waals surface area contributed by atoms with Crippen molar-refractivity contribution in [2.45, 2.75) is 19.8 Å². The molecule has 0 saturated carbocycles. The van der Waals surface area contributed by atoms with Crippen LogP contribution < -0.4 is 0 Å². The molecule has 0 aromatic heterocycles. The lowest BCUT2D eigenvalue weighted by atomic mass is 9.96. The van der Waals surface area contributed by atoms with Crippen LogP contribution in [0, 0.1) is 17.2 Å². The Morgan fingerprint density at radius 2 is 2.29 bits per heavy atom. The molecule has 0 fully saturated rings. The van der Waals surface area contributed by atoms with Crippen molar-refractivity contribution in [3.8, 4) is 6.07 Å². The lowest BCUT2D eigenvalue weighted by Crippen LogP contribution is -2.05. The maximum Gasteiger partial charge on any atom is 0.307 e. The number of carboxylic acids is 1. The van der Waals surface area contributed by atoms with Crippen molar-refractivity contribution in [1.82, 2.24) is 0 Å². The Hall–Kier alpha value is -2.15. The van der Waals surface area contributed by atoms with Crippen LogP contribution in [0.25, 0.3) is 0 Å². The summed E-state index contributed by atoms with van der Waals surface area (Å²) in [5, 5.41) is 17.6. The van der Waals surface area contributed by atoms with Gasteiger partial charge in [0, 0.05) is 5.92 Å². The largest absolute Gasteiger partial charge is 0.481 e. The molecule has 4 heteroatoms. The van der Waals surface area contributed by atoms with Crippen LogP contribution in [-0.2, 0) is 22.4 Å². The zero-order valence-corrected chi connectivity index (χ0v) is 9.51. The van der Waals surface area contributed by atoms with E-state index in [0.717, 1.165) is 11.8 Å². The average molecular weight is 231 g/mol. The minimum atomic E-state index is -0.970.